The normalized spacial score (nSPS) is 23.9. The maximum Gasteiger partial charge on any atom is 0.201 e. The molecule has 0 aromatic heterocycles. The molecule has 16 N–H and O–H groups in total. The number of phenols is 12. The maximum absolute atomic E-state index is 15.2. The fourth-order valence-corrected chi connectivity index (χ4v) is 6.01. The van der Waals surface area contributed by atoms with Gasteiger partial charge in [0.25, 0.3) is 0 Å². The Hall–Kier alpha value is -7.08. The summed E-state index contributed by atoms with van der Waals surface area (Å²) in [6, 6.07) is 1.98. The second kappa shape index (κ2) is 13.3. The minimum Gasteiger partial charge on any atom is -0.820 e. The van der Waals surface area contributed by atoms with Crippen LogP contribution in [-0.4, -0.2) is 140 Å². The van der Waals surface area contributed by atoms with Gasteiger partial charge in [-0.15, -0.1) is 0 Å². The molecule has 1 saturated heterocycles. The highest BCUT2D eigenvalue weighted by Crippen LogP contribution is 2.51. The highest BCUT2D eigenvalue weighted by atomic mass is 16.7. The second-order valence-electron chi connectivity index (χ2n) is 12.4. The minimum atomic E-state index is -5.00. The van der Waals surface area contributed by atoms with Crippen molar-refractivity contribution in [3.05, 3.63) is 70.8 Å². The zero-order chi connectivity index (χ0) is 42.1. The lowest BCUT2D eigenvalue weighted by Crippen LogP contribution is -2.89. The smallest absolute Gasteiger partial charge is 0.201 e. The number of carbonyl (C=O) groups excluding carboxylic acids is 4. The van der Waals surface area contributed by atoms with Crippen LogP contribution >= 0.6 is 0 Å². The lowest BCUT2D eigenvalue weighted by atomic mass is 9.61. The summed E-state index contributed by atoms with van der Waals surface area (Å²) in [4.78, 5) is 56.5. The van der Waals surface area contributed by atoms with Gasteiger partial charge in [-0.2, -0.15) is 0 Å². The van der Waals surface area contributed by atoms with Crippen LogP contribution in [0.3, 0.4) is 0 Å². The molecular weight excluding hydrogens is 760 g/mol. The van der Waals surface area contributed by atoms with E-state index in [1.165, 1.54) is 0 Å². The van der Waals surface area contributed by atoms with Crippen molar-refractivity contribution >= 4 is 23.1 Å². The number of ketones is 4. The molecule has 56 heavy (non-hydrogen) atoms. The van der Waals surface area contributed by atoms with E-state index in [1.807, 2.05) is 0 Å². The highest BCUT2D eigenvalue weighted by Gasteiger charge is 2.76. The van der Waals surface area contributed by atoms with Crippen molar-refractivity contribution in [1.82, 2.24) is 0 Å². The topological polar surface area (TPSA) is 424 Å². The summed E-state index contributed by atoms with van der Waals surface area (Å²) < 4.78 is 5.07. The number of ether oxygens (including phenoxy) is 1. The molecule has 1 aliphatic heterocycles. The number of phenolic OH excluding ortho intramolecular Hbond substituents is 12. The van der Waals surface area contributed by atoms with E-state index >= 15 is 5.11 Å². The van der Waals surface area contributed by atoms with Crippen LogP contribution in [0.25, 0.3) is 0 Å². The molecule has 0 saturated carbocycles. The van der Waals surface area contributed by atoms with Crippen LogP contribution in [0, 0.1) is 0 Å². The molecule has 1 aliphatic rings. The molecular formula is C34H27O22-. The van der Waals surface area contributed by atoms with E-state index in [2.05, 4.69) is 0 Å². The van der Waals surface area contributed by atoms with E-state index in [4.69, 9.17) is 4.74 Å². The monoisotopic (exact) mass is 787 g/mol. The number of benzene rings is 4. The van der Waals surface area contributed by atoms with Crippen molar-refractivity contribution < 1.29 is 111 Å². The maximum atomic E-state index is 15.2. The van der Waals surface area contributed by atoms with Gasteiger partial charge in [-0.05, 0) is 48.5 Å². The van der Waals surface area contributed by atoms with Crippen LogP contribution in [0.1, 0.15) is 41.4 Å². The van der Waals surface area contributed by atoms with E-state index < -0.39 is 150 Å². The quantitative estimate of drug-likeness (QED) is 0.0622. The zero-order valence-corrected chi connectivity index (χ0v) is 27.5. The third kappa shape index (κ3) is 5.69. The molecule has 0 aliphatic carbocycles. The number of aliphatic hydroxyl groups is 4. The van der Waals surface area contributed by atoms with Crippen molar-refractivity contribution in [1.29, 1.82) is 0 Å². The van der Waals surface area contributed by atoms with Crippen molar-refractivity contribution in [2.75, 3.05) is 0 Å². The van der Waals surface area contributed by atoms with Crippen LogP contribution in [-0.2, 0) is 4.74 Å². The Morgan fingerprint density at radius 1 is 0.518 bits per heavy atom. The average molecular weight is 788 g/mol. The largest absolute Gasteiger partial charge is 0.820 e. The predicted octanol–water partition coefficient (Wildman–Crippen LogP) is -2.38. The lowest BCUT2D eigenvalue weighted by molar-refractivity contribution is -0.584. The molecule has 6 atom stereocenters. The van der Waals surface area contributed by atoms with E-state index in [-0.39, 0.29) is 36.4 Å². The Morgan fingerprint density at radius 2 is 0.804 bits per heavy atom. The molecule has 1 heterocycles. The number of rotatable bonds is 9. The number of aromatic hydroxyl groups is 12. The van der Waals surface area contributed by atoms with Crippen molar-refractivity contribution in [2.24, 2.45) is 0 Å². The molecule has 4 aromatic rings. The Labute approximate surface area is 309 Å². The standard InChI is InChI=1S/C34H27O22/c35-13-1-9(2-14(36)22(13)44)21(43)26(48)27-31(52)32(53,28(49)10-3-15(37)23(45)16(38)4-10)33(54,29(50)11-5-17(39)24(46)18(40)6-11)34(55,56-27)30(51)12-7-19(41)25(47)20(42)8-12/h1-8,26-27,31,35-42,44-48,52-54H/q-1/t26?,27-,31-,32+,33+,34-/m1/s1. The van der Waals surface area contributed by atoms with Gasteiger partial charge in [-0.3, -0.25) is 19.2 Å². The summed E-state index contributed by atoms with van der Waals surface area (Å²) in [6.07, 6.45) is -9.96. The molecule has 0 spiro atoms. The van der Waals surface area contributed by atoms with Crippen LogP contribution in [0.15, 0.2) is 48.5 Å². The van der Waals surface area contributed by atoms with Gasteiger partial charge in [0.15, 0.2) is 97.5 Å². The molecule has 22 nitrogen and oxygen atoms in total. The molecule has 296 valence electrons. The third-order valence-electron chi connectivity index (χ3n) is 8.97. The molecule has 0 amide bonds. The number of aliphatic hydroxyl groups excluding tert-OH is 2. The van der Waals surface area contributed by atoms with Crippen LogP contribution in [0.2, 0.25) is 0 Å². The number of hydrogen-bond donors (Lipinski definition) is 16. The van der Waals surface area contributed by atoms with Gasteiger partial charge >= 0.3 is 0 Å². The Balaban J connectivity index is 1.88. The van der Waals surface area contributed by atoms with Crippen LogP contribution < -0.4 is 5.11 Å². The first kappa shape index (κ1) is 40.1. The summed E-state index contributed by atoms with van der Waals surface area (Å²) in [5.74, 6) is -30.0. The minimum absolute atomic E-state index is 0.183. The predicted molar refractivity (Wildman–Crippen MR) is 173 cm³/mol. The summed E-state index contributed by atoms with van der Waals surface area (Å²) >= 11 is 0. The van der Waals surface area contributed by atoms with Gasteiger partial charge in [0.1, 0.15) is 24.1 Å². The molecule has 0 bridgehead atoms. The van der Waals surface area contributed by atoms with Crippen LogP contribution in [0.5, 0.6) is 69.0 Å². The summed E-state index contributed by atoms with van der Waals surface area (Å²) in [5.41, 5.74) is -14.8. The van der Waals surface area contributed by atoms with E-state index in [9.17, 15) is 101 Å². The summed E-state index contributed by atoms with van der Waals surface area (Å²) in [6.45, 7) is 0. The zero-order valence-electron chi connectivity index (χ0n) is 27.5. The summed E-state index contributed by atoms with van der Waals surface area (Å²) in [5, 5.41) is 183. The second-order valence-corrected chi connectivity index (χ2v) is 12.4. The first-order valence-corrected chi connectivity index (χ1v) is 15.2. The first-order valence-electron chi connectivity index (χ1n) is 15.2. The highest BCUT2D eigenvalue weighted by molar-refractivity contribution is 6.18. The van der Waals surface area contributed by atoms with Gasteiger partial charge in [-0.1, -0.05) is 0 Å². The van der Waals surface area contributed by atoms with Crippen LogP contribution in [0.4, 0.5) is 0 Å². The fourth-order valence-electron chi connectivity index (χ4n) is 6.01. The number of hydrogen-bond acceptors (Lipinski definition) is 22. The van der Waals surface area contributed by atoms with Gasteiger partial charge in [0.05, 0.1) is 0 Å². The van der Waals surface area contributed by atoms with Crippen molar-refractivity contribution in [3.8, 4) is 69.0 Å². The molecule has 1 unspecified atom stereocenters. The Morgan fingerprint density at radius 3 is 1.14 bits per heavy atom. The van der Waals surface area contributed by atoms with Gasteiger partial charge in [0.2, 0.25) is 5.78 Å². The SMILES string of the molecule is O=C(c1cc(O)c(O)c(O)c1)C(O)[C@H]1O[C@]([O-])(C(=O)c2cc(O)c(O)c(O)c2)[C@](O)(C(=O)c2cc(O)c(O)c(O)c2)[C@](O)(C(=O)c2cc(O)c(O)c(O)c2)[C@@H]1O. The fraction of sp³-hybridized carbons (Fsp3) is 0.176. The first-order chi connectivity index (χ1) is 25.8. The van der Waals surface area contributed by atoms with Gasteiger partial charge in [0, 0.05) is 22.3 Å². The van der Waals surface area contributed by atoms with E-state index in [0.717, 1.165) is 0 Å². The molecule has 22 heteroatoms. The van der Waals surface area contributed by atoms with Crippen molar-refractivity contribution in [3.63, 3.8) is 0 Å². The number of Topliss-reactive ketones (excluding diaryl/α,β-unsaturated/α-hetero) is 4. The Bertz CT molecular complexity index is 2260. The van der Waals surface area contributed by atoms with Gasteiger partial charge in [-0.25, -0.2) is 0 Å². The molecule has 0 radical (unpaired) electrons. The Kier molecular flexibility index (Phi) is 9.56. The van der Waals surface area contributed by atoms with E-state index in [1.54, 1.807) is 0 Å². The van der Waals surface area contributed by atoms with E-state index in [0.29, 0.717) is 12.1 Å². The van der Waals surface area contributed by atoms with Gasteiger partial charge < -0.3 is 91.5 Å². The average Bonchev–Trinajstić information content (AvgIpc) is 3.15. The third-order valence-corrected chi connectivity index (χ3v) is 8.97. The summed E-state index contributed by atoms with van der Waals surface area (Å²) in [7, 11) is 0. The van der Waals surface area contributed by atoms with Crippen molar-refractivity contribution in [2.45, 2.75) is 35.3 Å². The lowest BCUT2D eigenvalue weighted by Gasteiger charge is -2.62. The molecule has 5 rings (SSSR count). The molecule has 1 fully saturated rings. The number of carbonyl (C=O) groups is 4. The molecule has 4 aromatic carbocycles.